The maximum Gasteiger partial charge on any atom is -0.0298 e. The van der Waals surface area contributed by atoms with E-state index in [-0.39, 0.29) is 0 Å². The van der Waals surface area contributed by atoms with E-state index in [2.05, 4.69) is 41.5 Å². The molecule has 0 aliphatic heterocycles. The van der Waals surface area contributed by atoms with Crippen molar-refractivity contribution in [2.24, 2.45) is 17.3 Å². The topological polar surface area (TPSA) is 0 Å². The fourth-order valence-electron chi connectivity index (χ4n) is 2.93. The zero-order valence-electron chi connectivity index (χ0n) is 13.3. The quantitative estimate of drug-likeness (QED) is 0.412. The monoisotopic (exact) mass is 240 g/mol. The maximum absolute atomic E-state index is 2.55. The molecule has 3 unspecified atom stereocenters. The van der Waals surface area contributed by atoms with Crippen LogP contribution in [-0.2, 0) is 0 Å². The number of hydrogen-bond donors (Lipinski definition) is 0. The van der Waals surface area contributed by atoms with Crippen LogP contribution in [0.5, 0.6) is 0 Å². The van der Waals surface area contributed by atoms with Crippen molar-refractivity contribution in [2.75, 3.05) is 0 Å². The molecular weight excluding hydrogens is 204 g/mol. The van der Waals surface area contributed by atoms with E-state index in [0.717, 1.165) is 11.8 Å². The highest BCUT2D eigenvalue weighted by Gasteiger charge is 2.31. The van der Waals surface area contributed by atoms with E-state index < -0.39 is 0 Å². The van der Waals surface area contributed by atoms with Gasteiger partial charge in [0.1, 0.15) is 0 Å². The van der Waals surface area contributed by atoms with Gasteiger partial charge < -0.3 is 0 Å². The van der Waals surface area contributed by atoms with Gasteiger partial charge in [-0.25, -0.2) is 0 Å². The molecule has 0 N–H and O–H groups in total. The van der Waals surface area contributed by atoms with Crippen LogP contribution in [0.25, 0.3) is 0 Å². The van der Waals surface area contributed by atoms with Gasteiger partial charge in [-0.2, -0.15) is 0 Å². The first-order valence-corrected chi connectivity index (χ1v) is 8.00. The average molecular weight is 240 g/mol. The van der Waals surface area contributed by atoms with Gasteiger partial charge >= 0.3 is 0 Å². The van der Waals surface area contributed by atoms with E-state index in [0.29, 0.717) is 5.41 Å². The van der Waals surface area contributed by atoms with Crippen molar-refractivity contribution in [3.05, 3.63) is 0 Å². The lowest BCUT2D eigenvalue weighted by atomic mass is 9.67. The van der Waals surface area contributed by atoms with Crippen LogP contribution in [0.15, 0.2) is 0 Å². The summed E-state index contributed by atoms with van der Waals surface area (Å²) in [5.41, 5.74) is 0.584. The fraction of sp³-hybridized carbons (Fsp3) is 1.00. The van der Waals surface area contributed by atoms with Crippen LogP contribution in [0.1, 0.15) is 92.9 Å². The Kier molecular flexibility index (Phi) is 9.00. The van der Waals surface area contributed by atoms with E-state index >= 15 is 0 Å². The van der Waals surface area contributed by atoms with Gasteiger partial charge in [0.25, 0.3) is 0 Å². The second kappa shape index (κ2) is 9.00. The summed E-state index contributed by atoms with van der Waals surface area (Å²) in [6.45, 7) is 14.4. The van der Waals surface area contributed by atoms with Gasteiger partial charge in [0, 0.05) is 0 Å². The Bertz CT molecular complexity index is 173. The molecule has 0 rings (SSSR count). The summed E-state index contributed by atoms with van der Waals surface area (Å²) in [6, 6.07) is 0. The highest BCUT2D eigenvalue weighted by molar-refractivity contribution is 4.81. The van der Waals surface area contributed by atoms with Crippen LogP contribution in [0, 0.1) is 17.3 Å². The molecule has 0 saturated heterocycles. The molecule has 0 radical (unpaired) electrons. The third-order valence-electron chi connectivity index (χ3n) is 4.79. The zero-order chi connectivity index (χ0) is 13.3. The standard InChI is InChI=1S/C17H36/c1-7-10-12-16(5)17(6,13-11-8-2)14-15(4)9-3/h15-16H,7-14H2,1-6H3. The van der Waals surface area contributed by atoms with Crippen molar-refractivity contribution in [2.45, 2.75) is 92.9 Å². The highest BCUT2D eigenvalue weighted by atomic mass is 14.4. The summed E-state index contributed by atoms with van der Waals surface area (Å²) in [4.78, 5) is 0. The molecule has 0 aliphatic rings. The van der Waals surface area contributed by atoms with Crippen LogP contribution in [0.4, 0.5) is 0 Å². The van der Waals surface area contributed by atoms with Crippen molar-refractivity contribution >= 4 is 0 Å². The molecule has 0 aliphatic carbocycles. The fourth-order valence-corrected chi connectivity index (χ4v) is 2.93. The van der Waals surface area contributed by atoms with Crippen molar-refractivity contribution in [3.8, 4) is 0 Å². The first kappa shape index (κ1) is 17.0. The van der Waals surface area contributed by atoms with E-state index in [9.17, 15) is 0 Å². The van der Waals surface area contributed by atoms with Crippen LogP contribution < -0.4 is 0 Å². The minimum Gasteiger partial charge on any atom is -0.0654 e. The Morgan fingerprint density at radius 1 is 0.941 bits per heavy atom. The minimum atomic E-state index is 0.584. The lowest BCUT2D eigenvalue weighted by Gasteiger charge is -2.38. The average Bonchev–Trinajstić information content (AvgIpc) is 2.33. The van der Waals surface area contributed by atoms with Crippen molar-refractivity contribution < 1.29 is 0 Å². The van der Waals surface area contributed by atoms with Gasteiger partial charge in [-0.3, -0.25) is 0 Å². The predicted molar refractivity (Wildman–Crippen MR) is 80.4 cm³/mol. The lowest BCUT2D eigenvalue weighted by molar-refractivity contribution is 0.125. The lowest BCUT2D eigenvalue weighted by Crippen LogP contribution is -2.28. The molecule has 0 aromatic rings. The van der Waals surface area contributed by atoms with Gasteiger partial charge in [-0.15, -0.1) is 0 Å². The number of hydrogen-bond acceptors (Lipinski definition) is 0. The number of rotatable bonds is 10. The Labute approximate surface area is 111 Å². The first-order chi connectivity index (χ1) is 8.00. The van der Waals surface area contributed by atoms with E-state index in [1.54, 1.807) is 0 Å². The summed E-state index contributed by atoms with van der Waals surface area (Å²) in [5.74, 6) is 1.78. The molecule has 3 atom stereocenters. The summed E-state index contributed by atoms with van der Waals surface area (Å²) in [7, 11) is 0. The second-order valence-corrected chi connectivity index (χ2v) is 6.52. The van der Waals surface area contributed by atoms with E-state index in [1.807, 2.05) is 0 Å². The van der Waals surface area contributed by atoms with Gasteiger partial charge in [-0.1, -0.05) is 80.1 Å². The zero-order valence-corrected chi connectivity index (χ0v) is 13.3. The van der Waals surface area contributed by atoms with Gasteiger partial charge in [0.15, 0.2) is 0 Å². The van der Waals surface area contributed by atoms with Gasteiger partial charge in [-0.05, 0) is 30.1 Å². The van der Waals surface area contributed by atoms with E-state index in [1.165, 1.54) is 51.4 Å². The Hall–Kier alpha value is 0. The summed E-state index contributed by atoms with van der Waals surface area (Å²) < 4.78 is 0. The van der Waals surface area contributed by atoms with E-state index in [4.69, 9.17) is 0 Å². The summed E-state index contributed by atoms with van der Waals surface area (Å²) in [5, 5.41) is 0. The van der Waals surface area contributed by atoms with Crippen LogP contribution >= 0.6 is 0 Å². The first-order valence-electron chi connectivity index (χ1n) is 8.00. The van der Waals surface area contributed by atoms with Crippen LogP contribution in [0.3, 0.4) is 0 Å². The van der Waals surface area contributed by atoms with Crippen molar-refractivity contribution in [1.29, 1.82) is 0 Å². The molecule has 0 heteroatoms. The summed E-state index contributed by atoms with van der Waals surface area (Å²) in [6.07, 6.45) is 11.1. The Morgan fingerprint density at radius 3 is 2.00 bits per heavy atom. The Morgan fingerprint density at radius 2 is 1.53 bits per heavy atom. The van der Waals surface area contributed by atoms with Gasteiger partial charge in [0.2, 0.25) is 0 Å². The summed E-state index contributed by atoms with van der Waals surface area (Å²) >= 11 is 0. The number of unbranched alkanes of at least 4 members (excludes halogenated alkanes) is 2. The van der Waals surface area contributed by atoms with Crippen LogP contribution in [0.2, 0.25) is 0 Å². The Balaban J connectivity index is 4.45. The molecule has 0 heterocycles. The maximum atomic E-state index is 2.55. The normalized spacial score (nSPS) is 18.7. The largest absolute Gasteiger partial charge is 0.0654 e. The molecule has 0 spiro atoms. The molecule has 0 aromatic carbocycles. The predicted octanol–water partition coefficient (Wildman–Crippen LogP) is 6.45. The smallest absolute Gasteiger partial charge is 0.0298 e. The molecular formula is C17H36. The molecule has 0 bridgehead atoms. The molecule has 104 valence electrons. The van der Waals surface area contributed by atoms with Crippen molar-refractivity contribution in [3.63, 3.8) is 0 Å². The van der Waals surface area contributed by atoms with Crippen LogP contribution in [-0.4, -0.2) is 0 Å². The molecule has 17 heavy (non-hydrogen) atoms. The SMILES string of the molecule is CCCCC(C)C(C)(CCCC)CC(C)CC. The molecule has 0 fully saturated rings. The molecule has 0 amide bonds. The third kappa shape index (κ3) is 6.48. The molecule has 0 nitrogen and oxygen atoms in total. The van der Waals surface area contributed by atoms with Gasteiger partial charge in [0.05, 0.1) is 0 Å². The highest BCUT2D eigenvalue weighted by Crippen LogP contribution is 2.42. The molecule has 0 saturated carbocycles. The van der Waals surface area contributed by atoms with Crippen molar-refractivity contribution in [1.82, 2.24) is 0 Å². The minimum absolute atomic E-state index is 0.584. The third-order valence-corrected chi connectivity index (χ3v) is 4.79. The molecule has 0 aromatic heterocycles. The second-order valence-electron chi connectivity index (χ2n) is 6.52.